The normalized spacial score (nSPS) is 10.5. The average Bonchev–Trinajstić information content (AvgIpc) is 2.44. The van der Waals surface area contributed by atoms with Crippen LogP contribution in [0.1, 0.15) is 20.7 Å². The zero-order valence-corrected chi connectivity index (χ0v) is 15.3. The Hall–Kier alpha value is -0.360. The number of halogens is 4. The molecule has 0 heterocycles. The molecular weight excluding hydrogens is 406 g/mol. The Kier molecular flexibility index (Phi) is 6.50. The lowest BCUT2D eigenvalue weighted by Gasteiger charge is -2.08. The van der Waals surface area contributed by atoms with E-state index in [9.17, 15) is 9.59 Å². The molecule has 0 aromatic heterocycles. The van der Waals surface area contributed by atoms with Crippen LogP contribution in [-0.2, 0) is 0 Å². The molecule has 0 aliphatic carbocycles. The average molecular weight is 412 g/mol. The van der Waals surface area contributed by atoms with Crippen molar-refractivity contribution in [1.29, 1.82) is 0 Å². The summed E-state index contributed by atoms with van der Waals surface area (Å²) in [5.74, 6) is 0. The fourth-order valence-corrected chi connectivity index (χ4v) is 4.86. The van der Waals surface area contributed by atoms with E-state index < -0.39 is 10.5 Å². The maximum absolute atomic E-state index is 11.4. The summed E-state index contributed by atoms with van der Waals surface area (Å²) in [6, 6.07) is 9.51. The van der Waals surface area contributed by atoms with Crippen LogP contribution in [0, 0.1) is 0 Å². The van der Waals surface area contributed by atoms with Crippen molar-refractivity contribution in [2.75, 3.05) is 0 Å². The van der Waals surface area contributed by atoms with E-state index >= 15 is 0 Å². The van der Waals surface area contributed by atoms with Crippen LogP contribution in [0.5, 0.6) is 0 Å². The fraction of sp³-hybridized carbons (Fsp3) is 0. The van der Waals surface area contributed by atoms with Crippen LogP contribution in [0.4, 0.5) is 0 Å². The third-order valence-electron chi connectivity index (χ3n) is 2.53. The van der Waals surface area contributed by atoms with E-state index in [-0.39, 0.29) is 0 Å². The largest absolute Gasteiger partial charge is 0.276 e. The summed E-state index contributed by atoms with van der Waals surface area (Å²) in [4.78, 5) is 24.0. The van der Waals surface area contributed by atoms with E-state index in [0.29, 0.717) is 31.0 Å². The predicted octanol–water partition coefficient (Wildman–Crippen LogP) is 6.55. The Morgan fingerprint density at radius 3 is 1.41 bits per heavy atom. The Morgan fingerprint density at radius 2 is 1.09 bits per heavy atom. The lowest BCUT2D eigenvalue weighted by Crippen LogP contribution is -1.93. The standard InChI is InChI=1S/C14H6Cl4O2S2/c15-7-1-3-9(13(17)19)11(5-7)21-22-12-6-8(16)2-4-10(12)14(18)20/h1-6H. The SMILES string of the molecule is O=C(Cl)c1ccc(Cl)cc1SSc1cc(Cl)ccc1C(=O)Cl. The molecule has 0 fully saturated rings. The van der Waals surface area contributed by atoms with Crippen LogP contribution in [0.2, 0.25) is 10.0 Å². The molecule has 0 saturated carbocycles. The van der Waals surface area contributed by atoms with Crippen molar-refractivity contribution < 1.29 is 9.59 Å². The molecule has 0 aliphatic rings. The minimum absolute atomic E-state index is 0.337. The Labute approximate surface area is 154 Å². The van der Waals surface area contributed by atoms with Gasteiger partial charge >= 0.3 is 0 Å². The van der Waals surface area contributed by atoms with Crippen molar-refractivity contribution in [1.82, 2.24) is 0 Å². The molecule has 114 valence electrons. The molecule has 2 rings (SSSR count). The van der Waals surface area contributed by atoms with Gasteiger partial charge in [-0.3, -0.25) is 9.59 Å². The van der Waals surface area contributed by atoms with Gasteiger partial charge < -0.3 is 0 Å². The first-order valence-electron chi connectivity index (χ1n) is 5.72. The highest BCUT2D eigenvalue weighted by atomic mass is 35.5. The number of hydrogen-bond donors (Lipinski definition) is 0. The van der Waals surface area contributed by atoms with E-state index in [2.05, 4.69) is 0 Å². The molecule has 0 unspecified atom stereocenters. The highest BCUT2D eigenvalue weighted by Crippen LogP contribution is 2.42. The first kappa shape index (κ1) is 18.0. The van der Waals surface area contributed by atoms with Gasteiger partial charge in [0.05, 0.1) is 0 Å². The van der Waals surface area contributed by atoms with Crippen molar-refractivity contribution in [2.45, 2.75) is 9.79 Å². The van der Waals surface area contributed by atoms with E-state index in [0.717, 1.165) is 0 Å². The smallest absolute Gasteiger partial charge is 0.253 e. The zero-order chi connectivity index (χ0) is 16.3. The maximum Gasteiger partial charge on any atom is 0.253 e. The molecular formula is C14H6Cl4O2S2. The van der Waals surface area contributed by atoms with Crippen molar-refractivity contribution in [3.63, 3.8) is 0 Å². The van der Waals surface area contributed by atoms with Gasteiger partial charge in [0, 0.05) is 31.0 Å². The van der Waals surface area contributed by atoms with Crippen LogP contribution in [0.3, 0.4) is 0 Å². The van der Waals surface area contributed by atoms with Crippen LogP contribution in [-0.4, -0.2) is 10.5 Å². The highest BCUT2D eigenvalue weighted by molar-refractivity contribution is 8.76. The molecule has 0 N–H and O–H groups in total. The van der Waals surface area contributed by atoms with E-state index in [4.69, 9.17) is 46.4 Å². The van der Waals surface area contributed by atoms with E-state index in [1.807, 2.05) is 0 Å². The van der Waals surface area contributed by atoms with Gasteiger partial charge in [-0.15, -0.1) is 0 Å². The van der Waals surface area contributed by atoms with Crippen LogP contribution in [0.15, 0.2) is 46.2 Å². The van der Waals surface area contributed by atoms with Gasteiger partial charge in [0.2, 0.25) is 0 Å². The molecule has 0 amide bonds. The molecule has 8 heteroatoms. The topological polar surface area (TPSA) is 34.1 Å². The van der Waals surface area contributed by atoms with E-state index in [1.54, 1.807) is 36.4 Å². The molecule has 2 aromatic carbocycles. The van der Waals surface area contributed by atoms with E-state index in [1.165, 1.54) is 21.6 Å². The minimum atomic E-state index is -0.584. The van der Waals surface area contributed by atoms with Crippen LogP contribution >= 0.6 is 68.0 Å². The number of hydrogen-bond acceptors (Lipinski definition) is 4. The molecule has 0 radical (unpaired) electrons. The predicted molar refractivity (Wildman–Crippen MR) is 95.0 cm³/mol. The highest BCUT2D eigenvalue weighted by Gasteiger charge is 2.14. The molecule has 0 saturated heterocycles. The van der Waals surface area contributed by atoms with Gasteiger partial charge in [-0.05, 0) is 59.6 Å². The molecule has 0 bridgehead atoms. The quantitative estimate of drug-likeness (QED) is 0.412. The minimum Gasteiger partial charge on any atom is -0.276 e. The van der Waals surface area contributed by atoms with Crippen molar-refractivity contribution >= 4 is 78.5 Å². The lowest BCUT2D eigenvalue weighted by atomic mass is 10.2. The molecule has 0 atom stereocenters. The molecule has 22 heavy (non-hydrogen) atoms. The zero-order valence-electron chi connectivity index (χ0n) is 10.6. The Morgan fingerprint density at radius 1 is 0.727 bits per heavy atom. The first-order chi connectivity index (χ1) is 10.4. The summed E-state index contributed by atoms with van der Waals surface area (Å²) in [7, 11) is 2.48. The lowest BCUT2D eigenvalue weighted by molar-refractivity contribution is 0.107. The van der Waals surface area contributed by atoms with Crippen molar-refractivity contribution in [3.8, 4) is 0 Å². The second kappa shape index (κ2) is 7.95. The third kappa shape index (κ3) is 4.57. The summed E-state index contributed by atoms with van der Waals surface area (Å²) in [5, 5.41) is -0.215. The summed E-state index contributed by atoms with van der Waals surface area (Å²) in [5.41, 5.74) is 0.675. The maximum atomic E-state index is 11.4. The number of carbonyl (C=O) groups is 2. The van der Waals surface area contributed by atoms with Gasteiger partial charge in [-0.1, -0.05) is 44.8 Å². The van der Waals surface area contributed by atoms with Gasteiger partial charge in [-0.25, -0.2) is 0 Å². The molecule has 0 spiro atoms. The van der Waals surface area contributed by atoms with Gasteiger partial charge in [-0.2, -0.15) is 0 Å². The number of benzene rings is 2. The summed E-state index contributed by atoms with van der Waals surface area (Å²) >= 11 is 23.0. The van der Waals surface area contributed by atoms with Crippen LogP contribution < -0.4 is 0 Å². The third-order valence-corrected chi connectivity index (χ3v) is 5.85. The monoisotopic (exact) mass is 410 g/mol. The van der Waals surface area contributed by atoms with Gasteiger partial charge in [0.25, 0.3) is 10.5 Å². The fourth-order valence-electron chi connectivity index (χ4n) is 1.54. The van der Waals surface area contributed by atoms with Crippen molar-refractivity contribution in [2.24, 2.45) is 0 Å². The molecule has 2 aromatic rings. The van der Waals surface area contributed by atoms with Crippen LogP contribution in [0.25, 0.3) is 0 Å². The summed E-state index contributed by atoms with van der Waals surface area (Å²) < 4.78 is 0. The number of rotatable bonds is 5. The molecule has 2 nitrogen and oxygen atoms in total. The van der Waals surface area contributed by atoms with Gasteiger partial charge in [0.15, 0.2) is 0 Å². The summed E-state index contributed by atoms with van der Waals surface area (Å²) in [6.45, 7) is 0. The second-order valence-electron chi connectivity index (χ2n) is 4.00. The second-order valence-corrected chi connectivity index (χ2v) is 7.77. The first-order valence-corrected chi connectivity index (χ1v) is 9.38. The number of carbonyl (C=O) groups excluding carboxylic acids is 2. The summed E-state index contributed by atoms with van der Waals surface area (Å²) in [6.07, 6.45) is 0. The Bertz CT molecular complexity index is 686. The molecule has 0 aliphatic heterocycles. The Balaban J connectivity index is 2.31. The van der Waals surface area contributed by atoms with Crippen molar-refractivity contribution in [3.05, 3.63) is 57.6 Å². The van der Waals surface area contributed by atoms with Gasteiger partial charge in [0.1, 0.15) is 0 Å².